The zero-order valence-corrected chi connectivity index (χ0v) is 19.5. The van der Waals surface area contributed by atoms with Crippen LogP contribution in [-0.2, 0) is 19.1 Å². The van der Waals surface area contributed by atoms with Crippen molar-refractivity contribution >= 4 is 46.9 Å². The lowest BCUT2D eigenvalue weighted by Crippen LogP contribution is -2.54. The minimum absolute atomic E-state index is 0.0172. The van der Waals surface area contributed by atoms with Crippen LogP contribution in [0.1, 0.15) is 30.9 Å². The molecule has 1 heterocycles. The molecule has 9 heteroatoms. The van der Waals surface area contributed by atoms with E-state index in [1.54, 1.807) is 30.3 Å². The first-order valence-electron chi connectivity index (χ1n) is 10.1. The molecule has 172 valence electrons. The van der Waals surface area contributed by atoms with Crippen molar-refractivity contribution in [2.75, 3.05) is 25.7 Å². The lowest BCUT2D eigenvalue weighted by atomic mass is 10.0. The number of benzene rings is 2. The Morgan fingerprint density at radius 1 is 1.09 bits per heavy atom. The lowest BCUT2D eigenvalue weighted by Gasteiger charge is -2.29. The van der Waals surface area contributed by atoms with Crippen LogP contribution in [0.3, 0.4) is 0 Å². The highest BCUT2D eigenvalue weighted by atomic mass is 32.1. The summed E-state index contributed by atoms with van der Waals surface area (Å²) in [7, 11) is 2.70. The van der Waals surface area contributed by atoms with E-state index in [0.717, 1.165) is 5.56 Å². The second kappa shape index (κ2) is 10.3. The van der Waals surface area contributed by atoms with Gasteiger partial charge in [-0.15, -0.1) is 0 Å². The molecule has 33 heavy (non-hydrogen) atoms. The maximum Gasteiger partial charge on any atom is 0.343 e. The molecular weight excluding hydrogens is 444 g/mol. The molecular formula is C24H24N2O6S. The van der Waals surface area contributed by atoms with Gasteiger partial charge in [0.25, 0.3) is 11.8 Å². The van der Waals surface area contributed by atoms with Gasteiger partial charge in [0.2, 0.25) is 0 Å². The van der Waals surface area contributed by atoms with E-state index in [1.807, 2.05) is 12.1 Å². The van der Waals surface area contributed by atoms with E-state index in [4.69, 9.17) is 21.7 Å². The lowest BCUT2D eigenvalue weighted by molar-refractivity contribution is -0.143. The van der Waals surface area contributed by atoms with Crippen LogP contribution < -0.4 is 19.7 Å². The Balaban J connectivity index is 1.90. The van der Waals surface area contributed by atoms with Crippen molar-refractivity contribution in [2.24, 2.45) is 0 Å². The average Bonchev–Trinajstić information content (AvgIpc) is 2.80. The smallest absolute Gasteiger partial charge is 0.343 e. The first kappa shape index (κ1) is 23.9. The molecule has 0 radical (unpaired) electrons. The van der Waals surface area contributed by atoms with Crippen LogP contribution >= 0.6 is 12.2 Å². The highest BCUT2D eigenvalue weighted by Crippen LogP contribution is 2.30. The van der Waals surface area contributed by atoms with E-state index < -0.39 is 17.8 Å². The summed E-state index contributed by atoms with van der Waals surface area (Å²) < 4.78 is 15.3. The van der Waals surface area contributed by atoms with Crippen molar-refractivity contribution in [2.45, 2.75) is 19.8 Å². The number of methoxy groups -OCH3 is 2. The molecule has 1 aliphatic rings. The Hall–Kier alpha value is -3.72. The molecule has 2 aromatic carbocycles. The third kappa shape index (κ3) is 5.38. The first-order valence-corrected chi connectivity index (χ1v) is 10.5. The summed E-state index contributed by atoms with van der Waals surface area (Å²) in [4.78, 5) is 38.4. The highest BCUT2D eigenvalue weighted by Gasteiger charge is 2.34. The van der Waals surface area contributed by atoms with Crippen molar-refractivity contribution in [1.82, 2.24) is 5.32 Å². The largest absolute Gasteiger partial charge is 0.493 e. The standard InChI is InChI=1S/C24H24N2O6S/c1-14(2)16-6-8-17(9-7-16)26-23(29)18(22(28)25-24(26)33)11-15-5-10-19(20(12-15)30-3)32-13-21(27)31-4/h5-12,14H,13H2,1-4H3,(H,25,28,33). The number of hydrogen-bond donors (Lipinski definition) is 1. The number of rotatable bonds is 7. The molecule has 8 nitrogen and oxygen atoms in total. The first-order chi connectivity index (χ1) is 15.7. The number of carbonyl (C=O) groups is 3. The zero-order valence-electron chi connectivity index (χ0n) is 18.7. The van der Waals surface area contributed by atoms with E-state index in [1.165, 1.54) is 25.2 Å². The van der Waals surface area contributed by atoms with Crippen LogP contribution in [-0.4, -0.2) is 43.7 Å². The molecule has 0 aromatic heterocycles. The molecule has 2 amide bonds. The van der Waals surface area contributed by atoms with Gasteiger partial charge in [0.05, 0.1) is 19.9 Å². The zero-order chi connectivity index (χ0) is 24.1. The van der Waals surface area contributed by atoms with Crippen LogP contribution in [0.4, 0.5) is 5.69 Å². The number of ether oxygens (including phenoxy) is 3. The Morgan fingerprint density at radius 3 is 2.39 bits per heavy atom. The number of amides is 2. The molecule has 1 fully saturated rings. The minimum Gasteiger partial charge on any atom is -0.493 e. The molecule has 0 bridgehead atoms. The van der Waals surface area contributed by atoms with Crippen molar-refractivity contribution in [1.29, 1.82) is 0 Å². The summed E-state index contributed by atoms with van der Waals surface area (Å²) >= 11 is 5.25. The highest BCUT2D eigenvalue weighted by molar-refractivity contribution is 7.80. The normalized spacial score (nSPS) is 15.0. The summed E-state index contributed by atoms with van der Waals surface area (Å²) in [5, 5.41) is 2.58. The van der Waals surface area contributed by atoms with Gasteiger partial charge in [-0.25, -0.2) is 4.79 Å². The molecule has 0 spiro atoms. The fraction of sp³-hybridized carbons (Fsp3) is 0.250. The molecule has 1 saturated heterocycles. The molecule has 0 saturated carbocycles. The van der Waals surface area contributed by atoms with Crippen LogP contribution in [0.5, 0.6) is 11.5 Å². The van der Waals surface area contributed by atoms with E-state index in [0.29, 0.717) is 28.7 Å². The number of hydrogen-bond acceptors (Lipinski definition) is 7. The van der Waals surface area contributed by atoms with Gasteiger partial charge in [-0.3, -0.25) is 19.8 Å². The van der Waals surface area contributed by atoms with E-state index in [2.05, 4.69) is 23.9 Å². The monoisotopic (exact) mass is 468 g/mol. The summed E-state index contributed by atoms with van der Waals surface area (Å²) in [6.45, 7) is 3.87. The predicted molar refractivity (Wildman–Crippen MR) is 127 cm³/mol. The minimum atomic E-state index is -0.593. The maximum atomic E-state index is 13.2. The molecule has 1 N–H and O–H groups in total. The molecule has 0 aliphatic carbocycles. The SMILES string of the molecule is COC(=O)COc1ccc(C=C2C(=O)NC(=S)N(c3ccc(C(C)C)cc3)C2=O)cc1OC. The number of anilines is 1. The average molecular weight is 469 g/mol. The van der Waals surface area contributed by atoms with Crippen LogP contribution in [0.2, 0.25) is 0 Å². The van der Waals surface area contributed by atoms with Gasteiger partial charge in [0, 0.05) is 0 Å². The second-order valence-corrected chi connectivity index (χ2v) is 7.87. The topological polar surface area (TPSA) is 94.2 Å². The van der Waals surface area contributed by atoms with E-state index in [9.17, 15) is 14.4 Å². The number of esters is 1. The number of nitrogens with zero attached hydrogens (tertiary/aromatic N) is 1. The van der Waals surface area contributed by atoms with Crippen LogP contribution in [0.25, 0.3) is 6.08 Å². The third-order valence-electron chi connectivity index (χ3n) is 4.99. The number of thiocarbonyl (C=S) groups is 1. The third-order valence-corrected chi connectivity index (χ3v) is 5.28. The van der Waals surface area contributed by atoms with Crippen molar-refractivity contribution < 1.29 is 28.6 Å². The van der Waals surface area contributed by atoms with Crippen LogP contribution in [0.15, 0.2) is 48.0 Å². The fourth-order valence-electron chi connectivity index (χ4n) is 3.16. The van der Waals surface area contributed by atoms with E-state index in [-0.39, 0.29) is 17.3 Å². The summed E-state index contributed by atoms with van der Waals surface area (Å²) in [6.07, 6.45) is 1.45. The Morgan fingerprint density at radius 2 is 1.79 bits per heavy atom. The van der Waals surface area contributed by atoms with Crippen molar-refractivity contribution in [3.8, 4) is 11.5 Å². The van der Waals surface area contributed by atoms with Crippen LogP contribution in [0, 0.1) is 0 Å². The molecule has 0 unspecified atom stereocenters. The van der Waals surface area contributed by atoms with Gasteiger partial charge in [-0.05, 0) is 59.6 Å². The maximum absolute atomic E-state index is 13.2. The quantitative estimate of drug-likeness (QED) is 0.289. The van der Waals surface area contributed by atoms with Gasteiger partial charge in [-0.2, -0.15) is 0 Å². The summed E-state index contributed by atoms with van der Waals surface area (Å²) in [6, 6.07) is 12.2. The van der Waals surface area contributed by atoms with Gasteiger partial charge >= 0.3 is 5.97 Å². The van der Waals surface area contributed by atoms with Gasteiger partial charge < -0.3 is 14.2 Å². The van der Waals surface area contributed by atoms with Gasteiger partial charge in [-0.1, -0.05) is 32.0 Å². The summed E-state index contributed by atoms with van der Waals surface area (Å²) in [5.41, 5.74) is 2.13. The molecule has 3 rings (SSSR count). The molecule has 0 atom stereocenters. The second-order valence-electron chi connectivity index (χ2n) is 7.48. The Labute approximate surface area is 197 Å². The Kier molecular flexibility index (Phi) is 7.44. The van der Waals surface area contributed by atoms with E-state index >= 15 is 0 Å². The molecule has 1 aliphatic heterocycles. The van der Waals surface area contributed by atoms with Crippen molar-refractivity contribution in [3.05, 3.63) is 59.2 Å². The Bertz CT molecular complexity index is 1120. The summed E-state index contributed by atoms with van der Waals surface area (Å²) in [5.74, 6) is -0.680. The number of nitrogens with one attached hydrogen (secondary N) is 1. The number of carbonyl (C=O) groups excluding carboxylic acids is 3. The predicted octanol–water partition coefficient (Wildman–Crippen LogP) is 3.20. The fourth-order valence-corrected chi connectivity index (χ4v) is 3.44. The van der Waals surface area contributed by atoms with Gasteiger partial charge in [0.15, 0.2) is 23.2 Å². The van der Waals surface area contributed by atoms with Crippen molar-refractivity contribution in [3.63, 3.8) is 0 Å². The van der Waals surface area contributed by atoms with Gasteiger partial charge in [0.1, 0.15) is 5.57 Å². The molecule has 2 aromatic rings.